The van der Waals surface area contributed by atoms with Crippen LogP contribution >= 0.6 is 24.0 Å². The third kappa shape index (κ3) is 6.27. The van der Waals surface area contributed by atoms with Crippen LogP contribution in [-0.2, 0) is 13.1 Å². The molecule has 0 saturated heterocycles. The number of nitrogens with one attached hydrogen (secondary N) is 2. The highest BCUT2D eigenvalue weighted by molar-refractivity contribution is 14.0. The van der Waals surface area contributed by atoms with Crippen molar-refractivity contribution < 1.29 is 14.2 Å². The average molecular weight is 537 g/mol. The second-order valence-electron chi connectivity index (χ2n) is 6.40. The van der Waals surface area contributed by atoms with Gasteiger partial charge in [-0.2, -0.15) is 5.10 Å². The lowest BCUT2D eigenvalue weighted by atomic mass is 10.2. The van der Waals surface area contributed by atoms with Crippen molar-refractivity contribution in [3.63, 3.8) is 0 Å². The molecule has 0 spiro atoms. The summed E-state index contributed by atoms with van der Waals surface area (Å²) < 4.78 is 18.0. The average Bonchev–Trinajstić information content (AvgIpc) is 3.28. The van der Waals surface area contributed by atoms with Crippen LogP contribution in [0.2, 0.25) is 0 Å². The van der Waals surface area contributed by atoms with Gasteiger partial charge < -0.3 is 24.8 Å². The van der Waals surface area contributed by atoms with E-state index in [4.69, 9.17) is 14.2 Å². The standard InChI is InChI=1S/C22H27N5O3.HI/c1-23-22(24-14-16-12-19(28-2)21(30-4)20(13-16)29-3)25-15-17-10-11-27(26-17)18-8-6-5-7-9-18;/h5-13H,14-15H2,1-4H3,(H2,23,24,25);1H. The van der Waals surface area contributed by atoms with Crippen LogP contribution in [0.3, 0.4) is 0 Å². The van der Waals surface area contributed by atoms with Crippen molar-refractivity contribution >= 4 is 29.9 Å². The number of aliphatic imine (C=N–C) groups is 1. The summed E-state index contributed by atoms with van der Waals surface area (Å²) in [6.07, 6.45) is 1.94. The van der Waals surface area contributed by atoms with E-state index in [1.165, 1.54) is 0 Å². The Balaban J connectivity index is 0.00000341. The third-order valence-electron chi connectivity index (χ3n) is 4.51. The monoisotopic (exact) mass is 537 g/mol. The van der Waals surface area contributed by atoms with Crippen LogP contribution in [0, 0.1) is 0 Å². The van der Waals surface area contributed by atoms with Gasteiger partial charge in [-0.1, -0.05) is 18.2 Å². The van der Waals surface area contributed by atoms with Gasteiger partial charge in [-0.25, -0.2) is 4.68 Å². The van der Waals surface area contributed by atoms with Gasteiger partial charge in [0.05, 0.1) is 39.3 Å². The Morgan fingerprint density at radius 3 is 2.16 bits per heavy atom. The van der Waals surface area contributed by atoms with Gasteiger partial charge in [-0.3, -0.25) is 4.99 Å². The van der Waals surface area contributed by atoms with Gasteiger partial charge in [-0.15, -0.1) is 24.0 Å². The SMILES string of the molecule is CN=C(NCc1cc(OC)c(OC)c(OC)c1)NCc1ccn(-c2ccccc2)n1.I. The minimum Gasteiger partial charge on any atom is -0.493 e. The molecular formula is C22H28IN5O3. The molecule has 0 saturated carbocycles. The fraction of sp³-hybridized carbons (Fsp3) is 0.273. The summed E-state index contributed by atoms with van der Waals surface area (Å²) in [6.45, 7) is 1.09. The van der Waals surface area contributed by atoms with Gasteiger partial charge in [0.2, 0.25) is 5.75 Å². The van der Waals surface area contributed by atoms with Gasteiger partial charge in [0, 0.05) is 19.8 Å². The molecule has 2 aromatic carbocycles. The minimum absolute atomic E-state index is 0. The maximum Gasteiger partial charge on any atom is 0.203 e. The van der Waals surface area contributed by atoms with Gasteiger partial charge in [0.15, 0.2) is 17.5 Å². The molecule has 0 aliphatic carbocycles. The number of halogens is 1. The first-order valence-electron chi connectivity index (χ1n) is 9.51. The Hall–Kier alpha value is -2.95. The number of ether oxygens (including phenoxy) is 3. The predicted molar refractivity (Wildman–Crippen MR) is 132 cm³/mol. The smallest absolute Gasteiger partial charge is 0.203 e. The molecule has 166 valence electrons. The number of nitrogens with zero attached hydrogens (tertiary/aromatic N) is 3. The van der Waals surface area contributed by atoms with Crippen LogP contribution < -0.4 is 24.8 Å². The molecule has 0 unspecified atom stereocenters. The predicted octanol–water partition coefficient (Wildman–Crippen LogP) is 3.38. The quantitative estimate of drug-likeness (QED) is 0.261. The van der Waals surface area contributed by atoms with E-state index in [0.717, 1.165) is 16.9 Å². The van der Waals surface area contributed by atoms with Crippen LogP contribution in [-0.4, -0.2) is 44.1 Å². The summed E-state index contributed by atoms with van der Waals surface area (Å²) in [7, 11) is 6.52. The number of guanidine groups is 1. The van der Waals surface area contributed by atoms with Gasteiger partial charge in [0.25, 0.3) is 0 Å². The number of hydrogen-bond acceptors (Lipinski definition) is 5. The highest BCUT2D eigenvalue weighted by Crippen LogP contribution is 2.38. The number of hydrogen-bond donors (Lipinski definition) is 2. The van der Waals surface area contributed by atoms with Gasteiger partial charge in [-0.05, 0) is 35.9 Å². The van der Waals surface area contributed by atoms with Crippen LogP contribution in [0.15, 0.2) is 59.7 Å². The first-order chi connectivity index (χ1) is 14.7. The van der Waals surface area contributed by atoms with Crippen LogP contribution in [0.1, 0.15) is 11.3 Å². The summed E-state index contributed by atoms with van der Waals surface area (Å²) in [5, 5.41) is 11.2. The van der Waals surface area contributed by atoms with E-state index in [-0.39, 0.29) is 24.0 Å². The molecule has 9 heteroatoms. The van der Waals surface area contributed by atoms with Crippen molar-refractivity contribution in [1.82, 2.24) is 20.4 Å². The first kappa shape index (κ1) is 24.3. The molecule has 0 aliphatic rings. The van der Waals surface area contributed by atoms with Crippen molar-refractivity contribution in [2.24, 2.45) is 4.99 Å². The van der Waals surface area contributed by atoms with E-state index in [0.29, 0.717) is 36.3 Å². The Morgan fingerprint density at radius 1 is 0.935 bits per heavy atom. The molecule has 1 heterocycles. The molecule has 1 aromatic heterocycles. The van der Waals surface area contributed by atoms with Crippen LogP contribution in [0.4, 0.5) is 0 Å². The van der Waals surface area contributed by atoms with Crippen molar-refractivity contribution in [3.8, 4) is 22.9 Å². The number of methoxy groups -OCH3 is 3. The molecule has 0 amide bonds. The van der Waals surface area contributed by atoms with Crippen molar-refractivity contribution in [1.29, 1.82) is 0 Å². The first-order valence-corrected chi connectivity index (χ1v) is 9.51. The molecule has 3 aromatic rings. The lowest BCUT2D eigenvalue weighted by molar-refractivity contribution is 0.323. The molecule has 0 bridgehead atoms. The van der Waals surface area contributed by atoms with Crippen molar-refractivity contribution in [3.05, 3.63) is 66.0 Å². The van der Waals surface area contributed by atoms with E-state index in [1.54, 1.807) is 28.4 Å². The zero-order chi connectivity index (χ0) is 21.3. The number of aromatic nitrogens is 2. The summed E-state index contributed by atoms with van der Waals surface area (Å²) in [5.74, 6) is 2.46. The summed E-state index contributed by atoms with van der Waals surface area (Å²) in [5.41, 5.74) is 2.91. The molecule has 31 heavy (non-hydrogen) atoms. The fourth-order valence-corrected chi connectivity index (χ4v) is 3.00. The molecule has 3 rings (SSSR count). The second kappa shape index (κ2) is 12.0. The van der Waals surface area contributed by atoms with E-state index >= 15 is 0 Å². The zero-order valence-corrected chi connectivity index (χ0v) is 20.4. The third-order valence-corrected chi connectivity index (χ3v) is 4.51. The highest BCUT2D eigenvalue weighted by atomic mass is 127. The van der Waals surface area contributed by atoms with Crippen molar-refractivity contribution in [2.45, 2.75) is 13.1 Å². The van der Waals surface area contributed by atoms with Gasteiger partial charge >= 0.3 is 0 Å². The fourth-order valence-electron chi connectivity index (χ4n) is 3.00. The number of para-hydroxylation sites is 1. The maximum absolute atomic E-state index is 5.41. The number of benzene rings is 2. The zero-order valence-electron chi connectivity index (χ0n) is 18.1. The summed E-state index contributed by atoms with van der Waals surface area (Å²) >= 11 is 0. The second-order valence-corrected chi connectivity index (χ2v) is 6.40. The topological polar surface area (TPSA) is 81.9 Å². The Bertz CT molecular complexity index is 967. The molecule has 2 N–H and O–H groups in total. The largest absolute Gasteiger partial charge is 0.493 e. The van der Waals surface area contributed by atoms with Gasteiger partial charge in [0.1, 0.15) is 0 Å². The highest BCUT2D eigenvalue weighted by Gasteiger charge is 2.13. The van der Waals surface area contributed by atoms with Crippen molar-refractivity contribution in [2.75, 3.05) is 28.4 Å². The van der Waals surface area contributed by atoms with E-state index in [1.807, 2.05) is 59.4 Å². The summed E-state index contributed by atoms with van der Waals surface area (Å²) in [6, 6.07) is 15.8. The van der Waals surface area contributed by atoms with E-state index < -0.39 is 0 Å². The minimum atomic E-state index is 0. The lowest BCUT2D eigenvalue weighted by Crippen LogP contribution is -2.36. The molecular weight excluding hydrogens is 509 g/mol. The molecule has 0 atom stereocenters. The Morgan fingerprint density at radius 2 is 1.58 bits per heavy atom. The molecule has 8 nitrogen and oxygen atoms in total. The lowest BCUT2D eigenvalue weighted by Gasteiger charge is -2.15. The van der Waals surface area contributed by atoms with Crippen LogP contribution in [0.5, 0.6) is 17.2 Å². The Labute approximate surface area is 199 Å². The normalized spacial score (nSPS) is 10.8. The molecule has 0 aliphatic heterocycles. The molecule has 0 radical (unpaired) electrons. The molecule has 0 fully saturated rings. The Kier molecular flexibility index (Phi) is 9.44. The van der Waals surface area contributed by atoms with E-state index in [2.05, 4.69) is 20.7 Å². The maximum atomic E-state index is 5.41. The number of rotatable bonds is 8. The van der Waals surface area contributed by atoms with Crippen LogP contribution in [0.25, 0.3) is 5.69 Å². The van der Waals surface area contributed by atoms with E-state index in [9.17, 15) is 0 Å². The summed E-state index contributed by atoms with van der Waals surface area (Å²) in [4.78, 5) is 4.27.